The van der Waals surface area contributed by atoms with Gasteiger partial charge in [0.25, 0.3) is 0 Å². The molecular weight excluding hydrogens is 462 g/mol. The van der Waals surface area contributed by atoms with Crippen LogP contribution >= 0.6 is 11.3 Å². The zero-order valence-electron chi connectivity index (χ0n) is 19.9. The molecule has 1 N–H and O–H groups in total. The molecule has 0 fully saturated rings. The topological polar surface area (TPSA) is 101 Å². The summed E-state index contributed by atoms with van der Waals surface area (Å²) in [5.74, 6) is 0.628. The summed E-state index contributed by atoms with van der Waals surface area (Å²) >= 11 is 1.33. The average molecular weight is 488 g/mol. The van der Waals surface area contributed by atoms with Crippen molar-refractivity contribution in [3.05, 3.63) is 77.6 Å². The zero-order valence-corrected chi connectivity index (χ0v) is 20.7. The SMILES string of the molecule is CC(=O)N(c1ccccc1)c1nc(/C=C/C(=O)Nc2ccc(-c3noc(C(C)(C)C)n3)cc2)cs1. The number of carbonyl (C=O) groups excluding carboxylic acids is 2. The van der Waals surface area contributed by atoms with Gasteiger partial charge in [0.05, 0.1) is 11.4 Å². The molecule has 0 saturated carbocycles. The third-order valence-electron chi connectivity index (χ3n) is 4.91. The van der Waals surface area contributed by atoms with Gasteiger partial charge in [-0.3, -0.25) is 14.5 Å². The van der Waals surface area contributed by atoms with Gasteiger partial charge in [-0.25, -0.2) is 4.98 Å². The first-order valence-corrected chi connectivity index (χ1v) is 11.8. The first-order valence-electron chi connectivity index (χ1n) is 11.0. The molecule has 0 saturated heterocycles. The number of para-hydroxylation sites is 1. The lowest BCUT2D eigenvalue weighted by molar-refractivity contribution is -0.116. The van der Waals surface area contributed by atoms with Crippen molar-refractivity contribution in [2.75, 3.05) is 10.2 Å². The fraction of sp³-hybridized carbons (Fsp3) is 0.192. The van der Waals surface area contributed by atoms with Gasteiger partial charge in [-0.05, 0) is 42.5 Å². The maximum absolute atomic E-state index is 12.4. The Morgan fingerprint density at radius 1 is 1.03 bits per heavy atom. The Hall–Kier alpha value is -4.11. The Morgan fingerprint density at radius 3 is 2.37 bits per heavy atom. The summed E-state index contributed by atoms with van der Waals surface area (Å²) in [7, 11) is 0. The van der Waals surface area contributed by atoms with Gasteiger partial charge in [0.15, 0.2) is 5.13 Å². The Morgan fingerprint density at radius 2 is 1.74 bits per heavy atom. The first kappa shape index (κ1) is 24.0. The molecule has 2 aromatic carbocycles. The van der Waals surface area contributed by atoms with E-state index in [1.807, 2.05) is 63.2 Å². The standard InChI is InChI=1S/C26H25N5O3S/c1-17(32)31(21-8-6-5-7-9-21)25-28-20(16-35-25)14-15-22(33)27-19-12-10-18(11-13-19)23-29-24(34-30-23)26(2,3)4/h5-16H,1-4H3,(H,27,33)/b15-14+. The predicted molar refractivity (Wildman–Crippen MR) is 137 cm³/mol. The van der Waals surface area contributed by atoms with Crippen LogP contribution in [-0.2, 0) is 15.0 Å². The number of nitrogens with zero attached hydrogens (tertiary/aromatic N) is 4. The summed E-state index contributed by atoms with van der Waals surface area (Å²) in [6.07, 6.45) is 3.02. The maximum Gasteiger partial charge on any atom is 0.248 e. The second-order valence-electron chi connectivity index (χ2n) is 8.82. The Labute approximate surface area is 207 Å². The molecule has 0 spiro atoms. The van der Waals surface area contributed by atoms with Crippen LogP contribution in [-0.4, -0.2) is 26.9 Å². The lowest BCUT2D eigenvalue weighted by Crippen LogP contribution is -2.22. The summed E-state index contributed by atoms with van der Waals surface area (Å²) in [6.45, 7) is 7.51. The largest absolute Gasteiger partial charge is 0.338 e. The highest BCUT2D eigenvalue weighted by molar-refractivity contribution is 7.14. The maximum atomic E-state index is 12.4. The fourth-order valence-corrected chi connectivity index (χ4v) is 4.01. The van der Waals surface area contributed by atoms with Crippen LogP contribution in [0.15, 0.2) is 70.6 Å². The molecule has 4 rings (SSSR count). The molecule has 9 heteroatoms. The highest BCUT2D eigenvalue weighted by atomic mass is 32.1. The third kappa shape index (κ3) is 5.88. The number of rotatable bonds is 6. The van der Waals surface area contributed by atoms with Crippen molar-refractivity contribution in [2.24, 2.45) is 0 Å². The van der Waals surface area contributed by atoms with Crippen LogP contribution in [0.3, 0.4) is 0 Å². The van der Waals surface area contributed by atoms with Crippen molar-refractivity contribution in [2.45, 2.75) is 33.1 Å². The number of thiazole rings is 1. The van der Waals surface area contributed by atoms with Gasteiger partial charge >= 0.3 is 0 Å². The first-order chi connectivity index (χ1) is 16.7. The van der Waals surface area contributed by atoms with Crippen LogP contribution in [0, 0.1) is 0 Å². The number of hydrogen-bond acceptors (Lipinski definition) is 7. The lowest BCUT2D eigenvalue weighted by Gasteiger charge is -2.17. The van der Waals surface area contributed by atoms with Gasteiger partial charge < -0.3 is 9.84 Å². The highest BCUT2D eigenvalue weighted by Gasteiger charge is 2.22. The van der Waals surface area contributed by atoms with E-state index in [9.17, 15) is 9.59 Å². The second-order valence-corrected chi connectivity index (χ2v) is 9.65. The van der Waals surface area contributed by atoms with E-state index >= 15 is 0 Å². The van der Waals surface area contributed by atoms with Crippen LogP contribution in [0.5, 0.6) is 0 Å². The molecule has 0 aliphatic carbocycles. The third-order valence-corrected chi connectivity index (χ3v) is 5.76. The smallest absolute Gasteiger partial charge is 0.248 e. The number of benzene rings is 2. The number of hydrogen-bond donors (Lipinski definition) is 1. The van der Waals surface area contributed by atoms with Crippen LogP contribution < -0.4 is 10.2 Å². The summed E-state index contributed by atoms with van der Waals surface area (Å²) in [6, 6.07) is 16.5. The number of amides is 2. The van der Waals surface area contributed by atoms with Crippen molar-refractivity contribution in [1.82, 2.24) is 15.1 Å². The van der Waals surface area contributed by atoms with Crippen molar-refractivity contribution in [3.8, 4) is 11.4 Å². The van der Waals surface area contributed by atoms with Gasteiger partial charge in [-0.2, -0.15) is 4.98 Å². The van der Waals surface area contributed by atoms with Crippen molar-refractivity contribution >= 4 is 45.7 Å². The van der Waals surface area contributed by atoms with Crippen LogP contribution in [0.1, 0.15) is 39.3 Å². The second kappa shape index (κ2) is 10.0. The fourth-order valence-electron chi connectivity index (χ4n) is 3.15. The number of carbonyl (C=O) groups is 2. The van der Waals surface area contributed by atoms with E-state index in [0.29, 0.717) is 28.2 Å². The molecule has 8 nitrogen and oxygen atoms in total. The van der Waals surface area contributed by atoms with Gasteiger partial charge in [-0.1, -0.05) is 44.1 Å². The lowest BCUT2D eigenvalue weighted by atomic mass is 9.97. The molecule has 0 radical (unpaired) electrons. The van der Waals surface area contributed by atoms with Crippen molar-refractivity contribution < 1.29 is 14.1 Å². The number of aromatic nitrogens is 3. The van der Waals surface area contributed by atoms with E-state index in [1.165, 1.54) is 29.2 Å². The number of nitrogens with one attached hydrogen (secondary N) is 1. The van der Waals surface area contributed by atoms with Gasteiger partial charge in [0.1, 0.15) is 0 Å². The summed E-state index contributed by atoms with van der Waals surface area (Å²) in [5, 5.41) is 9.18. The van der Waals surface area contributed by atoms with E-state index in [1.54, 1.807) is 23.6 Å². The summed E-state index contributed by atoms with van der Waals surface area (Å²) in [4.78, 5) is 35.0. The van der Waals surface area contributed by atoms with Crippen LogP contribution in [0.4, 0.5) is 16.5 Å². The Kier molecular flexibility index (Phi) is 6.88. The van der Waals surface area contributed by atoms with E-state index in [4.69, 9.17) is 4.52 Å². The normalized spacial score (nSPS) is 11.5. The van der Waals surface area contributed by atoms with Gasteiger partial charge in [0, 0.05) is 35.0 Å². The van der Waals surface area contributed by atoms with E-state index < -0.39 is 0 Å². The monoisotopic (exact) mass is 487 g/mol. The molecule has 35 heavy (non-hydrogen) atoms. The predicted octanol–water partition coefficient (Wildman–Crippen LogP) is 5.83. The molecule has 2 aromatic heterocycles. The molecule has 0 atom stereocenters. The Balaban J connectivity index is 1.40. The molecule has 0 unspecified atom stereocenters. The van der Waals surface area contributed by atoms with Gasteiger partial charge in [-0.15, -0.1) is 11.3 Å². The minimum absolute atomic E-state index is 0.141. The molecule has 178 valence electrons. The zero-order chi connectivity index (χ0) is 25.0. The minimum atomic E-state index is -0.298. The average Bonchev–Trinajstić information content (AvgIpc) is 3.49. The summed E-state index contributed by atoms with van der Waals surface area (Å²) in [5.41, 5.74) is 2.52. The number of anilines is 3. The van der Waals surface area contributed by atoms with Crippen LogP contribution in [0.25, 0.3) is 17.5 Å². The van der Waals surface area contributed by atoms with E-state index in [0.717, 1.165) is 11.3 Å². The highest BCUT2D eigenvalue weighted by Crippen LogP contribution is 2.29. The van der Waals surface area contributed by atoms with Gasteiger partial charge in [0.2, 0.25) is 23.5 Å². The molecule has 0 aliphatic rings. The molecule has 2 heterocycles. The molecule has 2 amide bonds. The molecular formula is C26H25N5O3S. The molecule has 4 aromatic rings. The minimum Gasteiger partial charge on any atom is -0.338 e. The van der Waals surface area contributed by atoms with Crippen LogP contribution in [0.2, 0.25) is 0 Å². The van der Waals surface area contributed by atoms with E-state index in [-0.39, 0.29) is 17.2 Å². The van der Waals surface area contributed by atoms with Crippen molar-refractivity contribution in [1.29, 1.82) is 0 Å². The van der Waals surface area contributed by atoms with Crippen molar-refractivity contribution in [3.63, 3.8) is 0 Å². The quantitative estimate of drug-likeness (QED) is 0.344. The van der Waals surface area contributed by atoms with E-state index in [2.05, 4.69) is 20.4 Å². The summed E-state index contributed by atoms with van der Waals surface area (Å²) < 4.78 is 5.34. The molecule has 0 bridgehead atoms. The molecule has 0 aliphatic heterocycles. The Bertz CT molecular complexity index is 1350.